The SMILES string of the molecule is CC(C)C1CCN(CCC(=O)NN)C1. The maximum absolute atomic E-state index is 10.9. The molecule has 1 aliphatic heterocycles. The minimum atomic E-state index is -0.0713. The first-order chi connectivity index (χ1) is 6.63. The van der Waals surface area contributed by atoms with E-state index in [1.807, 2.05) is 0 Å². The van der Waals surface area contributed by atoms with Gasteiger partial charge in [-0.3, -0.25) is 10.2 Å². The molecule has 1 fully saturated rings. The normalized spacial score (nSPS) is 23.0. The Morgan fingerprint density at radius 3 is 2.86 bits per heavy atom. The van der Waals surface area contributed by atoms with Gasteiger partial charge in [-0.25, -0.2) is 5.84 Å². The number of likely N-dealkylation sites (tertiary alicyclic amines) is 1. The van der Waals surface area contributed by atoms with Gasteiger partial charge < -0.3 is 4.90 Å². The molecule has 1 aliphatic rings. The van der Waals surface area contributed by atoms with E-state index in [1.165, 1.54) is 6.42 Å². The van der Waals surface area contributed by atoms with Gasteiger partial charge in [-0.15, -0.1) is 0 Å². The Kier molecular flexibility index (Phi) is 4.35. The highest BCUT2D eigenvalue weighted by atomic mass is 16.2. The van der Waals surface area contributed by atoms with Crippen molar-refractivity contribution in [2.45, 2.75) is 26.7 Å². The number of hydrogen-bond acceptors (Lipinski definition) is 3. The number of nitrogens with zero attached hydrogens (tertiary/aromatic N) is 1. The van der Waals surface area contributed by atoms with Gasteiger partial charge in [0.25, 0.3) is 0 Å². The quantitative estimate of drug-likeness (QED) is 0.390. The summed E-state index contributed by atoms with van der Waals surface area (Å²) in [6.45, 7) is 7.63. The van der Waals surface area contributed by atoms with Gasteiger partial charge in [0.05, 0.1) is 0 Å². The number of hydrogen-bond donors (Lipinski definition) is 2. The van der Waals surface area contributed by atoms with Crippen molar-refractivity contribution in [1.82, 2.24) is 10.3 Å². The molecule has 1 atom stereocenters. The molecule has 0 saturated carbocycles. The molecule has 4 heteroatoms. The maximum atomic E-state index is 10.9. The molecule has 0 aromatic carbocycles. The van der Waals surface area contributed by atoms with Crippen molar-refractivity contribution < 1.29 is 4.79 Å². The molecular formula is C10H21N3O. The Morgan fingerprint density at radius 2 is 2.36 bits per heavy atom. The Morgan fingerprint density at radius 1 is 1.64 bits per heavy atom. The highest BCUT2D eigenvalue weighted by Gasteiger charge is 2.24. The summed E-state index contributed by atoms with van der Waals surface area (Å²) in [5, 5.41) is 0. The molecule has 0 aliphatic carbocycles. The summed E-state index contributed by atoms with van der Waals surface area (Å²) in [7, 11) is 0. The molecule has 1 rings (SSSR count). The Labute approximate surface area is 85.8 Å². The standard InChI is InChI=1S/C10H21N3O/c1-8(2)9-3-5-13(7-9)6-4-10(14)12-11/h8-9H,3-7,11H2,1-2H3,(H,12,14). The lowest BCUT2D eigenvalue weighted by atomic mass is 9.95. The lowest BCUT2D eigenvalue weighted by Crippen LogP contribution is -2.33. The number of nitrogens with two attached hydrogens (primary N) is 1. The van der Waals surface area contributed by atoms with Gasteiger partial charge in [-0.05, 0) is 24.8 Å². The minimum Gasteiger partial charge on any atom is -0.303 e. The molecule has 1 heterocycles. The van der Waals surface area contributed by atoms with E-state index in [2.05, 4.69) is 24.2 Å². The average molecular weight is 199 g/mol. The van der Waals surface area contributed by atoms with Crippen molar-refractivity contribution in [2.75, 3.05) is 19.6 Å². The monoisotopic (exact) mass is 199 g/mol. The second-order valence-corrected chi connectivity index (χ2v) is 4.41. The van der Waals surface area contributed by atoms with Crippen LogP contribution in [0.4, 0.5) is 0 Å². The van der Waals surface area contributed by atoms with Crippen molar-refractivity contribution in [3.63, 3.8) is 0 Å². The van der Waals surface area contributed by atoms with Crippen LogP contribution in [-0.4, -0.2) is 30.4 Å². The van der Waals surface area contributed by atoms with Crippen molar-refractivity contribution in [3.8, 4) is 0 Å². The molecule has 0 bridgehead atoms. The largest absolute Gasteiger partial charge is 0.303 e. The average Bonchev–Trinajstić information content (AvgIpc) is 2.62. The van der Waals surface area contributed by atoms with Crippen LogP contribution in [0.2, 0.25) is 0 Å². The predicted octanol–water partition coefficient (Wildman–Crippen LogP) is 0.344. The van der Waals surface area contributed by atoms with Gasteiger partial charge in [-0.2, -0.15) is 0 Å². The molecule has 0 spiro atoms. The second kappa shape index (κ2) is 5.32. The first-order valence-electron chi connectivity index (χ1n) is 5.35. The molecule has 1 saturated heterocycles. The van der Waals surface area contributed by atoms with Crippen molar-refractivity contribution >= 4 is 5.91 Å². The summed E-state index contributed by atoms with van der Waals surface area (Å²) in [6.07, 6.45) is 1.78. The van der Waals surface area contributed by atoms with Crippen molar-refractivity contribution in [1.29, 1.82) is 0 Å². The van der Waals surface area contributed by atoms with E-state index in [1.54, 1.807) is 0 Å². The van der Waals surface area contributed by atoms with Gasteiger partial charge in [0, 0.05) is 19.5 Å². The molecule has 0 aromatic heterocycles. The van der Waals surface area contributed by atoms with Crippen LogP contribution in [-0.2, 0) is 4.79 Å². The Bertz CT molecular complexity index is 194. The fourth-order valence-corrected chi connectivity index (χ4v) is 1.94. The zero-order chi connectivity index (χ0) is 10.6. The van der Waals surface area contributed by atoms with Crippen LogP contribution in [0.15, 0.2) is 0 Å². The van der Waals surface area contributed by atoms with Crippen LogP contribution in [0.5, 0.6) is 0 Å². The van der Waals surface area contributed by atoms with Crippen LogP contribution >= 0.6 is 0 Å². The summed E-state index contributed by atoms with van der Waals surface area (Å²) in [5.41, 5.74) is 2.16. The van der Waals surface area contributed by atoms with Crippen molar-refractivity contribution in [3.05, 3.63) is 0 Å². The second-order valence-electron chi connectivity index (χ2n) is 4.41. The van der Waals surface area contributed by atoms with Gasteiger partial charge in [0.1, 0.15) is 0 Å². The number of hydrazine groups is 1. The molecule has 0 aromatic rings. The van der Waals surface area contributed by atoms with E-state index >= 15 is 0 Å². The van der Waals surface area contributed by atoms with E-state index in [0.717, 1.165) is 31.5 Å². The number of carbonyl (C=O) groups excluding carboxylic acids is 1. The zero-order valence-corrected chi connectivity index (χ0v) is 9.12. The van der Waals surface area contributed by atoms with Crippen LogP contribution in [0.25, 0.3) is 0 Å². The molecule has 0 radical (unpaired) electrons. The number of rotatable bonds is 4. The summed E-state index contributed by atoms with van der Waals surface area (Å²) < 4.78 is 0. The predicted molar refractivity (Wildman–Crippen MR) is 56.3 cm³/mol. The molecule has 14 heavy (non-hydrogen) atoms. The van der Waals surface area contributed by atoms with Crippen LogP contribution in [0, 0.1) is 11.8 Å². The van der Waals surface area contributed by atoms with E-state index in [4.69, 9.17) is 5.84 Å². The fourth-order valence-electron chi connectivity index (χ4n) is 1.94. The van der Waals surface area contributed by atoms with Gasteiger partial charge >= 0.3 is 0 Å². The fraction of sp³-hybridized carbons (Fsp3) is 0.900. The van der Waals surface area contributed by atoms with Gasteiger partial charge in [0.2, 0.25) is 5.91 Å². The van der Waals surface area contributed by atoms with Gasteiger partial charge in [-0.1, -0.05) is 13.8 Å². The smallest absolute Gasteiger partial charge is 0.235 e. The third-order valence-corrected chi connectivity index (χ3v) is 3.07. The van der Waals surface area contributed by atoms with Crippen LogP contribution < -0.4 is 11.3 Å². The Balaban J connectivity index is 2.19. The third kappa shape index (κ3) is 3.27. The molecular weight excluding hydrogens is 178 g/mol. The van der Waals surface area contributed by atoms with E-state index in [-0.39, 0.29) is 5.91 Å². The summed E-state index contributed by atoms with van der Waals surface area (Å²) in [4.78, 5) is 13.3. The number of amides is 1. The number of carbonyl (C=O) groups is 1. The maximum Gasteiger partial charge on any atom is 0.235 e. The third-order valence-electron chi connectivity index (χ3n) is 3.07. The van der Waals surface area contributed by atoms with Crippen LogP contribution in [0.1, 0.15) is 26.7 Å². The molecule has 1 unspecified atom stereocenters. The molecule has 1 amide bonds. The summed E-state index contributed by atoms with van der Waals surface area (Å²) in [5.74, 6) is 6.50. The van der Waals surface area contributed by atoms with E-state index in [0.29, 0.717) is 6.42 Å². The lowest BCUT2D eigenvalue weighted by molar-refractivity contribution is -0.121. The minimum absolute atomic E-state index is 0.0713. The van der Waals surface area contributed by atoms with Crippen molar-refractivity contribution in [2.24, 2.45) is 17.7 Å². The van der Waals surface area contributed by atoms with E-state index in [9.17, 15) is 4.79 Å². The Hall–Kier alpha value is -0.610. The topological polar surface area (TPSA) is 58.4 Å². The number of nitrogens with one attached hydrogen (secondary N) is 1. The molecule has 82 valence electrons. The summed E-state index contributed by atoms with van der Waals surface area (Å²) >= 11 is 0. The summed E-state index contributed by atoms with van der Waals surface area (Å²) in [6, 6.07) is 0. The van der Waals surface area contributed by atoms with Crippen LogP contribution in [0.3, 0.4) is 0 Å². The lowest BCUT2D eigenvalue weighted by Gasteiger charge is -2.17. The highest BCUT2D eigenvalue weighted by molar-refractivity contribution is 5.75. The first-order valence-corrected chi connectivity index (χ1v) is 5.35. The van der Waals surface area contributed by atoms with Gasteiger partial charge in [0.15, 0.2) is 0 Å². The molecule has 3 N–H and O–H groups in total. The van der Waals surface area contributed by atoms with E-state index < -0.39 is 0 Å². The first kappa shape index (κ1) is 11.5. The zero-order valence-electron chi connectivity index (χ0n) is 9.12. The molecule has 4 nitrogen and oxygen atoms in total. The highest BCUT2D eigenvalue weighted by Crippen LogP contribution is 2.23.